The molecule has 0 radical (unpaired) electrons. The number of imide groups is 1. The number of fused-ring (bicyclic) bond motifs is 1. The first-order chi connectivity index (χ1) is 20.3. The summed E-state index contributed by atoms with van der Waals surface area (Å²) in [4.78, 5) is 55.2. The average molecular weight is 567 g/mol. The zero-order chi connectivity index (χ0) is 29.4. The van der Waals surface area contributed by atoms with Crippen LogP contribution in [0.1, 0.15) is 76.4 Å². The fraction of sp³-hybridized carbons (Fsp3) is 0.344. The van der Waals surface area contributed by atoms with Gasteiger partial charge in [-0.3, -0.25) is 28.8 Å². The summed E-state index contributed by atoms with van der Waals surface area (Å²) in [5.74, 6) is -1.32. The first kappa shape index (κ1) is 27.4. The van der Waals surface area contributed by atoms with Crippen LogP contribution in [0.15, 0.2) is 73.2 Å². The predicted octanol–water partition coefficient (Wildman–Crippen LogP) is 3.85. The molecule has 216 valence electrons. The van der Waals surface area contributed by atoms with Crippen molar-refractivity contribution in [3.8, 4) is 0 Å². The summed E-state index contributed by atoms with van der Waals surface area (Å²) in [6, 6.07) is 14.3. The molecule has 2 N–H and O–H groups in total. The zero-order valence-corrected chi connectivity index (χ0v) is 23.6. The molecule has 0 spiro atoms. The number of rotatable bonds is 7. The van der Waals surface area contributed by atoms with E-state index >= 15 is 0 Å². The Morgan fingerprint density at radius 3 is 2.55 bits per heavy atom. The topological polar surface area (TPSA) is 117 Å². The van der Waals surface area contributed by atoms with Gasteiger partial charge in [0.1, 0.15) is 6.04 Å². The van der Waals surface area contributed by atoms with E-state index in [1.807, 2.05) is 53.0 Å². The molecular formula is C32H34N6O4. The Balaban J connectivity index is 1.07. The number of carbonyl (C=O) groups excluding carboxylic acids is 4. The van der Waals surface area contributed by atoms with Crippen molar-refractivity contribution in [3.05, 3.63) is 95.5 Å². The van der Waals surface area contributed by atoms with Crippen LogP contribution < -0.4 is 10.6 Å². The Labute approximate surface area is 244 Å². The Morgan fingerprint density at radius 2 is 1.81 bits per heavy atom. The molecule has 1 unspecified atom stereocenters. The molecule has 10 heteroatoms. The van der Waals surface area contributed by atoms with Crippen LogP contribution in [0.25, 0.3) is 0 Å². The summed E-state index contributed by atoms with van der Waals surface area (Å²) < 4.78 is 1.96. The molecule has 6 rings (SSSR count). The van der Waals surface area contributed by atoms with Crippen molar-refractivity contribution >= 4 is 29.3 Å². The molecular weight excluding hydrogens is 532 g/mol. The van der Waals surface area contributed by atoms with E-state index in [1.165, 1.54) is 0 Å². The van der Waals surface area contributed by atoms with Crippen molar-refractivity contribution in [3.63, 3.8) is 0 Å². The number of anilines is 1. The smallest absolute Gasteiger partial charge is 0.264 e. The van der Waals surface area contributed by atoms with Crippen LogP contribution >= 0.6 is 0 Å². The molecule has 4 amide bonds. The molecule has 0 saturated carbocycles. The molecule has 2 atom stereocenters. The summed E-state index contributed by atoms with van der Waals surface area (Å²) in [5.41, 5.74) is 3.67. The summed E-state index contributed by atoms with van der Waals surface area (Å²) in [6.07, 6.45) is 6.30. The van der Waals surface area contributed by atoms with Gasteiger partial charge in [-0.1, -0.05) is 43.0 Å². The van der Waals surface area contributed by atoms with Gasteiger partial charge in [-0.05, 0) is 50.3 Å². The van der Waals surface area contributed by atoms with Crippen molar-refractivity contribution in [1.29, 1.82) is 0 Å². The van der Waals surface area contributed by atoms with Crippen LogP contribution in [-0.2, 0) is 16.1 Å². The maximum atomic E-state index is 13.4. The van der Waals surface area contributed by atoms with Crippen LogP contribution in [0.5, 0.6) is 0 Å². The molecule has 10 nitrogen and oxygen atoms in total. The van der Waals surface area contributed by atoms with E-state index in [-0.39, 0.29) is 29.3 Å². The van der Waals surface area contributed by atoms with E-state index in [1.54, 1.807) is 24.4 Å². The van der Waals surface area contributed by atoms with E-state index < -0.39 is 17.9 Å². The lowest BCUT2D eigenvalue weighted by Gasteiger charge is -2.33. The average Bonchev–Trinajstić information content (AvgIpc) is 3.59. The fourth-order valence-electron chi connectivity index (χ4n) is 6.12. The van der Waals surface area contributed by atoms with Crippen LogP contribution in [0.2, 0.25) is 0 Å². The van der Waals surface area contributed by atoms with Gasteiger partial charge in [-0.2, -0.15) is 5.10 Å². The van der Waals surface area contributed by atoms with Crippen molar-refractivity contribution in [2.24, 2.45) is 0 Å². The van der Waals surface area contributed by atoms with E-state index in [2.05, 4.69) is 22.3 Å². The number of amides is 4. The molecule has 4 heterocycles. The van der Waals surface area contributed by atoms with Gasteiger partial charge in [0.05, 0.1) is 29.3 Å². The molecule has 3 aliphatic heterocycles. The number of allylic oxidation sites excluding steroid dienone is 1. The Hall–Kier alpha value is -4.73. The minimum absolute atomic E-state index is 0.154. The molecule has 42 heavy (non-hydrogen) atoms. The second-order valence-electron chi connectivity index (χ2n) is 11.2. The van der Waals surface area contributed by atoms with Crippen LogP contribution in [0.4, 0.5) is 5.69 Å². The molecule has 0 aliphatic carbocycles. The number of piperidine rings is 2. The summed E-state index contributed by atoms with van der Waals surface area (Å²) >= 11 is 0. The Kier molecular flexibility index (Phi) is 7.36. The zero-order valence-electron chi connectivity index (χ0n) is 23.6. The number of hydrogen-bond donors (Lipinski definition) is 2. The van der Waals surface area contributed by atoms with Crippen LogP contribution in [-0.4, -0.2) is 62.3 Å². The highest BCUT2D eigenvalue weighted by molar-refractivity contribution is 6.25. The van der Waals surface area contributed by atoms with E-state index in [9.17, 15) is 19.2 Å². The summed E-state index contributed by atoms with van der Waals surface area (Å²) in [7, 11) is 0. The van der Waals surface area contributed by atoms with E-state index in [4.69, 9.17) is 0 Å². The Morgan fingerprint density at radius 1 is 1.05 bits per heavy atom. The normalized spacial score (nSPS) is 20.0. The van der Waals surface area contributed by atoms with Gasteiger partial charge in [-0.15, -0.1) is 0 Å². The van der Waals surface area contributed by atoms with Crippen molar-refractivity contribution in [2.45, 2.75) is 57.2 Å². The molecule has 0 bridgehead atoms. The van der Waals surface area contributed by atoms with Crippen molar-refractivity contribution in [2.75, 3.05) is 18.4 Å². The van der Waals surface area contributed by atoms with E-state index in [0.29, 0.717) is 49.4 Å². The van der Waals surface area contributed by atoms with Crippen LogP contribution in [0, 0.1) is 0 Å². The maximum Gasteiger partial charge on any atom is 0.264 e. The number of hydrogen-bond acceptors (Lipinski definition) is 6. The van der Waals surface area contributed by atoms with Gasteiger partial charge in [0.25, 0.3) is 11.8 Å². The first-order valence-electron chi connectivity index (χ1n) is 14.4. The minimum Gasteiger partial charge on any atom is -0.380 e. The van der Waals surface area contributed by atoms with Gasteiger partial charge in [-0.25, -0.2) is 0 Å². The highest BCUT2D eigenvalue weighted by atomic mass is 16.2. The molecule has 1 aromatic heterocycles. The molecule has 2 saturated heterocycles. The summed E-state index contributed by atoms with van der Waals surface area (Å²) in [5, 5.41) is 10.5. The van der Waals surface area contributed by atoms with Crippen molar-refractivity contribution in [1.82, 2.24) is 24.9 Å². The standard InChI is InChI=1S/C32H34N6O4/c1-20-11-12-27(29(39)35-20)38-31(41)25-9-6-10-26(28(25)32(38)42)33-17-22-18-34-37(19-22)24-13-15-36(16-14-24)30(40)21(2)23-7-4-3-5-8-23/h3-10,18-19,21,24,27,33H,1,11-17H2,2H3,(H,35,39)/t21-,27?/m1/s1. The number of benzene rings is 2. The third-order valence-corrected chi connectivity index (χ3v) is 8.54. The SMILES string of the molecule is C=C1CCC(N2C(=O)c3cccc(NCc4cnn(C5CCN(C(=O)[C@H](C)c6ccccc6)CC5)c4)c3C2=O)C(=O)N1. The van der Waals surface area contributed by atoms with Gasteiger partial charge < -0.3 is 15.5 Å². The van der Waals surface area contributed by atoms with Crippen LogP contribution in [0.3, 0.4) is 0 Å². The number of nitrogens with zero attached hydrogens (tertiary/aromatic N) is 4. The third kappa shape index (κ3) is 5.08. The number of aromatic nitrogens is 2. The quantitative estimate of drug-likeness (QED) is 0.420. The highest BCUT2D eigenvalue weighted by Gasteiger charge is 2.45. The lowest BCUT2D eigenvalue weighted by molar-refractivity contribution is -0.133. The molecule has 2 aromatic carbocycles. The Bertz CT molecular complexity index is 1560. The second-order valence-corrected chi connectivity index (χ2v) is 11.2. The number of nitrogens with one attached hydrogen (secondary N) is 2. The second kappa shape index (κ2) is 11.3. The fourth-order valence-corrected chi connectivity index (χ4v) is 6.12. The highest BCUT2D eigenvalue weighted by Crippen LogP contribution is 2.33. The van der Waals surface area contributed by atoms with Gasteiger partial charge in [0.2, 0.25) is 11.8 Å². The maximum absolute atomic E-state index is 13.4. The van der Waals surface area contributed by atoms with E-state index in [0.717, 1.165) is 28.9 Å². The largest absolute Gasteiger partial charge is 0.380 e. The third-order valence-electron chi connectivity index (χ3n) is 8.54. The molecule has 3 aromatic rings. The number of likely N-dealkylation sites (tertiary alicyclic amines) is 1. The van der Waals surface area contributed by atoms with Crippen molar-refractivity contribution < 1.29 is 19.2 Å². The van der Waals surface area contributed by atoms with Gasteiger partial charge in [0.15, 0.2) is 0 Å². The number of carbonyl (C=O) groups is 4. The molecule has 2 fully saturated rings. The van der Waals surface area contributed by atoms with Gasteiger partial charge >= 0.3 is 0 Å². The summed E-state index contributed by atoms with van der Waals surface area (Å²) in [6.45, 7) is 7.52. The lowest BCUT2D eigenvalue weighted by atomic mass is 9.97. The first-order valence-corrected chi connectivity index (χ1v) is 14.4. The minimum atomic E-state index is -0.850. The lowest BCUT2D eigenvalue weighted by Crippen LogP contribution is -2.51. The monoisotopic (exact) mass is 566 g/mol. The molecule has 3 aliphatic rings. The predicted molar refractivity (Wildman–Crippen MR) is 157 cm³/mol. The van der Waals surface area contributed by atoms with Gasteiger partial charge in [0, 0.05) is 42.8 Å².